The third-order valence-corrected chi connectivity index (χ3v) is 10.1. The minimum atomic E-state index is -0.854. The zero-order chi connectivity index (χ0) is 38.3. The van der Waals surface area contributed by atoms with Crippen LogP contribution in [0.1, 0.15) is 89.8 Å². The van der Waals surface area contributed by atoms with E-state index >= 15 is 0 Å². The second-order valence-electron chi connectivity index (χ2n) is 13.7. The number of aryl methyl sites for hydroxylation is 2. The number of hydrogen-bond acceptors (Lipinski definition) is 7. The summed E-state index contributed by atoms with van der Waals surface area (Å²) in [5.41, 5.74) is 18.3. The summed E-state index contributed by atoms with van der Waals surface area (Å²) in [6, 6.07) is 22.8. The summed E-state index contributed by atoms with van der Waals surface area (Å²) in [5, 5.41) is 19.3. The maximum absolute atomic E-state index is 12.8. The van der Waals surface area contributed by atoms with Crippen LogP contribution in [0.15, 0.2) is 90.8 Å². The number of carbonyl (C=O) groups is 2. The van der Waals surface area contributed by atoms with Gasteiger partial charge in [-0.05, 0) is 131 Å². The van der Waals surface area contributed by atoms with Crippen LogP contribution in [0.2, 0.25) is 5.02 Å². The van der Waals surface area contributed by atoms with Crippen LogP contribution in [-0.4, -0.2) is 69.1 Å². The van der Waals surface area contributed by atoms with E-state index in [1.807, 2.05) is 60.4 Å². The molecule has 2 saturated heterocycles. The Morgan fingerprint density at radius 1 is 0.925 bits per heavy atom. The van der Waals surface area contributed by atoms with Crippen molar-refractivity contribution in [2.24, 2.45) is 5.73 Å². The molecule has 4 aromatic rings. The quantitative estimate of drug-likeness (QED) is 0.134. The summed E-state index contributed by atoms with van der Waals surface area (Å²) >= 11 is 6.09. The Kier molecular flexibility index (Phi) is 15.7. The van der Waals surface area contributed by atoms with Crippen molar-refractivity contribution in [1.29, 1.82) is 0 Å². The van der Waals surface area contributed by atoms with Gasteiger partial charge in [0.2, 0.25) is 0 Å². The van der Waals surface area contributed by atoms with Gasteiger partial charge in [-0.2, -0.15) is 0 Å². The third-order valence-electron chi connectivity index (χ3n) is 9.70. The molecule has 2 aliphatic rings. The number of rotatable bonds is 9. The number of aromatic carboxylic acids is 1. The van der Waals surface area contributed by atoms with E-state index in [9.17, 15) is 14.7 Å². The lowest BCUT2D eigenvalue weighted by molar-refractivity contribution is 0.0643. The van der Waals surface area contributed by atoms with Gasteiger partial charge in [0.15, 0.2) is 11.6 Å². The van der Waals surface area contributed by atoms with E-state index in [1.54, 1.807) is 30.5 Å². The zero-order valence-corrected chi connectivity index (χ0v) is 32.0. The predicted molar refractivity (Wildman–Crippen MR) is 215 cm³/mol. The Hall–Kier alpha value is -4.86. The molecule has 1 amide bonds. The van der Waals surface area contributed by atoms with Crippen LogP contribution in [0, 0.1) is 6.92 Å². The molecule has 0 aliphatic carbocycles. The summed E-state index contributed by atoms with van der Waals surface area (Å²) in [4.78, 5) is 31.9. The first-order valence-corrected chi connectivity index (χ1v) is 18.9. The van der Waals surface area contributed by atoms with Crippen molar-refractivity contribution >= 4 is 29.3 Å². The first-order valence-electron chi connectivity index (χ1n) is 18.5. The summed E-state index contributed by atoms with van der Waals surface area (Å²) in [7, 11) is 0. The zero-order valence-electron chi connectivity index (χ0n) is 31.2. The monoisotopic (exact) mass is 739 g/mol. The van der Waals surface area contributed by atoms with Crippen molar-refractivity contribution in [3.63, 3.8) is 0 Å². The van der Waals surface area contributed by atoms with Gasteiger partial charge in [0, 0.05) is 47.2 Å². The lowest BCUT2D eigenvalue weighted by Crippen LogP contribution is -2.45. The smallest absolute Gasteiger partial charge is 0.335 e. The highest BCUT2D eigenvalue weighted by Crippen LogP contribution is 2.27. The van der Waals surface area contributed by atoms with E-state index < -0.39 is 5.97 Å². The van der Waals surface area contributed by atoms with E-state index in [-0.39, 0.29) is 17.5 Å². The second kappa shape index (κ2) is 20.4. The molecule has 9 nitrogen and oxygen atoms in total. The number of carbonyl (C=O) groups excluding carboxylic acids is 1. The van der Waals surface area contributed by atoms with Gasteiger partial charge in [0.1, 0.15) is 0 Å². The first-order chi connectivity index (χ1) is 25.5. The van der Waals surface area contributed by atoms with Crippen LogP contribution >= 0.6 is 11.6 Å². The van der Waals surface area contributed by atoms with E-state index in [1.165, 1.54) is 37.1 Å². The van der Waals surface area contributed by atoms with Gasteiger partial charge in [-0.3, -0.25) is 4.79 Å². The molecule has 53 heavy (non-hydrogen) atoms. The van der Waals surface area contributed by atoms with Gasteiger partial charge < -0.3 is 31.5 Å². The number of benzene rings is 3. The Balaban J connectivity index is 0.000000202. The van der Waals surface area contributed by atoms with Gasteiger partial charge >= 0.3 is 5.97 Å². The van der Waals surface area contributed by atoms with E-state index in [0.29, 0.717) is 17.2 Å². The van der Waals surface area contributed by atoms with Crippen molar-refractivity contribution in [3.8, 4) is 16.9 Å². The van der Waals surface area contributed by atoms with Crippen LogP contribution in [0.25, 0.3) is 11.1 Å². The molecule has 0 spiro atoms. The molecule has 0 bridgehead atoms. The molecule has 0 unspecified atom stereocenters. The SMILES string of the molecule is C/C(N)=C/CCc1c(C)cccc1Cl.CCCc1cccc(C(=O)O)c1.Nc1ncc(-c2ccc(C(=O)N3CCC(N4CCCC4)CC3)cc2)cc1O. The highest BCUT2D eigenvalue weighted by Gasteiger charge is 2.28. The Bertz CT molecular complexity index is 1810. The molecule has 0 saturated carbocycles. The van der Waals surface area contributed by atoms with Crippen molar-refractivity contribution in [2.75, 3.05) is 31.9 Å². The summed E-state index contributed by atoms with van der Waals surface area (Å²) < 4.78 is 0. The Morgan fingerprint density at radius 3 is 2.21 bits per heavy atom. The molecule has 0 atom stereocenters. The largest absolute Gasteiger partial charge is 0.504 e. The number of piperidine rings is 1. The van der Waals surface area contributed by atoms with Crippen molar-refractivity contribution in [2.45, 2.75) is 78.2 Å². The molecular weight excluding hydrogens is 686 g/mol. The maximum atomic E-state index is 12.8. The minimum Gasteiger partial charge on any atom is -0.504 e. The minimum absolute atomic E-state index is 0.0338. The number of aromatic hydroxyl groups is 1. The number of aromatic nitrogens is 1. The molecule has 3 aromatic carbocycles. The number of carboxylic acid groups (broad SMARTS) is 1. The lowest BCUT2D eigenvalue weighted by Gasteiger charge is -2.36. The van der Waals surface area contributed by atoms with Crippen LogP contribution < -0.4 is 11.5 Å². The van der Waals surface area contributed by atoms with Crippen LogP contribution in [0.4, 0.5) is 5.82 Å². The number of allylic oxidation sites excluding steroid dienone is 2. The van der Waals surface area contributed by atoms with Crippen LogP contribution in [-0.2, 0) is 12.8 Å². The number of pyridine rings is 1. The topological polar surface area (TPSA) is 146 Å². The molecule has 2 fully saturated rings. The third kappa shape index (κ3) is 12.4. The van der Waals surface area contributed by atoms with Crippen molar-refractivity contribution in [3.05, 3.63) is 124 Å². The van der Waals surface area contributed by atoms with Crippen LogP contribution in [0.5, 0.6) is 5.75 Å². The molecule has 282 valence electrons. The van der Waals surface area contributed by atoms with Gasteiger partial charge in [0.25, 0.3) is 5.91 Å². The number of amides is 1. The number of nitrogens with zero attached hydrogens (tertiary/aromatic N) is 3. The first kappa shape index (κ1) is 40.9. The Labute approximate surface area is 319 Å². The average molecular weight is 740 g/mol. The number of nitrogen functional groups attached to an aromatic ring is 1. The number of halogens is 1. The molecule has 0 radical (unpaired) electrons. The van der Waals surface area contributed by atoms with E-state index in [4.69, 9.17) is 28.2 Å². The fraction of sp³-hybridized carbons (Fsp3) is 0.372. The highest BCUT2D eigenvalue weighted by molar-refractivity contribution is 6.31. The second-order valence-corrected chi connectivity index (χ2v) is 14.2. The molecule has 10 heteroatoms. The number of carboxylic acids is 1. The van der Waals surface area contributed by atoms with Crippen molar-refractivity contribution < 1.29 is 19.8 Å². The molecule has 2 aliphatic heterocycles. The lowest BCUT2D eigenvalue weighted by atomic mass is 10.0. The van der Waals surface area contributed by atoms with Gasteiger partial charge in [-0.1, -0.05) is 67.4 Å². The highest BCUT2D eigenvalue weighted by atomic mass is 35.5. The fourth-order valence-corrected chi connectivity index (χ4v) is 7.04. The summed E-state index contributed by atoms with van der Waals surface area (Å²) in [6.07, 6.45) is 12.3. The molecular formula is C43H54ClN5O4. The molecule has 1 aromatic heterocycles. The number of nitrogens with two attached hydrogens (primary N) is 2. The standard InChI is InChI=1S/C21H26N4O2.C12H16ClN.C10H12O2/c22-20-19(26)13-17(14-23-20)15-3-5-16(6-4-15)21(27)25-11-7-18(8-12-25)24-9-1-2-10-24;1-9-5-3-8-12(13)11(9)7-4-6-10(2)14;1-2-4-8-5-3-6-9(7-8)10(11)12/h3-6,13-14,18,26H,1-2,7-12H2,(H2,22,23);3,5-6,8H,4,7,14H2,1-2H3;3,5-7H,2,4H2,1H3,(H,11,12)/b;10-6-;. The molecule has 3 heterocycles. The van der Waals surface area contributed by atoms with E-state index in [2.05, 4.69) is 29.8 Å². The fourth-order valence-electron chi connectivity index (χ4n) is 6.73. The number of anilines is 1. The van der Waals surface area contributed by atoms with Crippen molar-refractivity contribution in [1.82, 2.24) is 14.8 Å². The predicted octanol–water partition coefficient (Wildman–Crippen LogP) is 8.52. The van der Waals surface area contributed by atoms with Gasteiger partial charge in [-0.25, -0.2) is 9.78 Å². The van der Waals surface area contributed by atoms with E-state index in [0.717, 1.165) is 79.0 Å². The van der Waals surface area contributed by atoms with Gasteiger partial charge in [-0.15, -0.1) is 0 Å². The summed E-state index contributed by atoms with van der Waals surface area (Å²) in [6.45, 7) is 10.2. The summed E-state index contributed by atoms with van der Waals surface area (Å²) in [5.74, 6) is -0.677. The van der Waals surface area contributed by atoms with Crippen LogP contribution in [0.3, 0.4) is 0 Å². The average Bonchev–Trinajstić information content (AvgIpc) is 3.70. The molecule has 6 rings (SSSR count). The normalized spacial score (nSPS) is 14.9. The number of hydrogen-bond donors (Lipinski definition) is 4. The Morgan fingerprint density at radius 2 is 1.60 bits per heavy atom. The van der Waals surface area contributed by atoms with Gasteiger partial charge in [0.05, 0.1) is 5.56 Å². The number of likely N-dealkylation sites (tertiary alicyclic amines) is 2. The molecule has 6 N–H and O–H groups in total. The maximum Gasteiger partial charge on any atom is 0.335 e.